The summed E-state index contributed by atoms with van der Waals surface area (Å²) in [5.41, 5.74) is 5.25. The lowest BCUT2D eigenvalue weighted by Crippen LogP contribution is -2.16. The summed E-state index contributed by atoms with van der Waals surface area (Å²) in [6.45, 7) is 0.0952. The molecular formula is C9H12BrNO3S. The quantitative estimate of drug-likeness (QED) is 0.905. The number of sulfone groups is 1. The van der Waals surface area contributed by atoms with Crippen LogP contribution in [-0.4, -0.2) is 27.8 Å². The number of hydrogen-bond donors (Lipinski definition) is 1. The number of benzene rings is 1. The lowest BCUT2D eigenvalue weighted by Gasteiger charge is -2.08. The maximum Gasteiger partial charge on any atom is 0.183 e. The Labute approximate surface area is 97.5 Å². The molecule has 0 saturated heterocycles. The summed E-state index contributed by atoms with van der Waals surface area (Å²) in [6, 6.07) is 4.84. The van der Waals surface area contributed by atoms with Gasteiger partial charge in [-0.3, -0.25) is 0 Å². The van der Waals surface area contributed by atoms with Crippen LogP contribution in [0.3, 0.4) is 0 Å². The van der Waals surface area contributed by atoms with Crippen molar-refractivity contribution in [3.63, 3.8) is 0 Å². The summed E-state index contributed by atoms with van der Waals surface area (Å²) >= 11 is 3.22. The molecule has 15 heavy (non-hydrogen) atoms. The first-order valence-corrected chi connectivity index (χ1v) is 6.72. The van der Waals surface area contributed by atoms with E-state index in [4.69, 9.17) is 10.5 Å². The molecule has 4 nitrogen and oxygen atoms in total. The van der Waals surface area contributed by atoms with Gasteiger partial charge in [-0.1, -0.05) is 15.9 Å². The molecular weight excluding hydrogens is 282 g/mol. The van der Waals surface area contributed by atoms with E-state index in [2.05, 4.69) is 15.9 Å². The average Bonchev–Trinajstić information content (AvgIpc) is 2.17. The molecule has 2 N–H and O–H groups in total. The Balaban J connectivity index is 3.28. The van der Waals surface area contributed by atoms with E-state index in [1.807, 2.05) is 0 Å². The van der Waals surface area contributed by atoms with Gasteiger partial charge in [0.1, 0.15) is 10.6 Å². The van der Waals surface area contributed by atoms with E-state index in [1.54, 1.807) is 12.1 Å². The number of halogens is 1. The van der Waals surface area contributed by atoms with Crippen LogP contribution in [0.2, 0.25) is 0 Å². The Morgan fingerprint density at radius 3 is 2.67 bits per heavy atom. The first-order valence-electron chi connectivity index (χ1n) is 4.27. The summed E-state index contributed by atoms with van der Waals surface area (Å²) in [5, 5.41) is 0. The van der Waals surface area contributed by atoms with Gasteiger partial charge in [-0.2, -0.15) is 0 Å². The molecule has 0 unspecified atom stereocenters. The topological polar surface area (TPSA) is 69.4 Å². The van der Waals surface area contributed by atoms with Crippen molar-refractivity contribution >= 4 is 25.8 Å². The molecule has 0 aliphatic rings. The Kier molecular flexibility index (Phi) is 4.12. The minimum atomic E-state index is -3.36. The molecule has 0 radical (unpaired) electrons. The fourth-order valence-corrected chi connectivity index (χ4v) is 2.97. The fraction of sp³-hybridized carbons (Fsp3) is 0.333. The van der Waals surface area contributed by atoms with Crippen molar-refractivity contribution in [2.24, 2.45) is 5.73 Å². The average molecular weight is 294 g/mol. The molecule has 0 fully saturated rings. The fourth-order valence-electron chi connectivity index (χ4n) is 1.16. The molecule has 0 atom stereocenters. The highest BCUT2D eigenvalue weighted by atomic mass is 79.9. The molecule has 1 aromatic carbocycles. The number of nitrogens with two attached hydrogens (primary N) is 1. The summed E-state index contributed by atoms with van der Waals surface area (Å²) < 4.78 is 29.3. The number of methoxy groups -OCH3 is 1. The lowest BCUT2D eigenvalue weighted by molar-refractivity contribution is 0.402. The second-order valence-corrected chi connectivity index (χ2v) is 5.90. The maximum atomic E-state index is 11.8. The van der Waals surface area contributed by atoms with E-state index in [9.17, 15) is 8.42 Å². The molecule has 84 valence electrons. The molecule has 0 aliphatic carbocycles. The summed E-state index contributed by atoms with van der Waals surface area (Å²) in [6.07, 6.45) is 0. The van der Waals surface area contributed by atoms with Crippen molar-refractivity contribution in [2.45, 2.75) is 4.90 Å². The minimum Gasteiger partial charge on any atom is -0.495 e. The number of ether oxygens (including phenoxy) is 1. The van der Waals surface area contributed by atoms with Gasteiger partial charge < -0.3 is 10.5 Å². The van der Waals surface area contributed by atoms with Crippen molar-refractivity contribution in [3.05, 3.63) is 22.7 Å². The van der Waals surface area contributed by atoms with E-state index >= 15 is 0 Å². The van der Waals surface area contributed by atoms with Crippen LogP contribution in [0.1, 0.15) is 0 Å². The highest BCUT2D eigenvalue weighted by Gasteiger charge is 2.18. The van der Waals surface area contributed by atoms with Crippen molar-refractivity contribution in [1.82, 2.24) is 0 Å². The van der Waals surface area contributed by atoms with Gasteiger partial charge >= 0.3 is 0 Å². The Morgan fingerprint density at radius 1 is 1.47 bits per heavy atom. The summed E-state index contributed by atoms with van der Waals surface area (Å²) in [4.78, 5) is 0.171. The zero-order valence-corrected chi connectivity index (χ0v) is 10.6. The van der Waals surface area contributed by atoms with Crippen LogP contribution in [-0.2, 0) is 9.84 Å². The first-order chi connectivity index (χ1) is 7.01. The van der Waals surface area contributed by atoms with E-state index in [0.29, 0.717) is 10.2 Å². The van der Waals surface area contributed by atoms with E-state index in [0.717, 1.165) is 0 Å². The Morgan fingerprint density at radius 2 is 2.13 bits per heavy atom. The predicted molar refractivity (Wildman–Crippen MR) is 61.8 cm³/mol. The van der Waals surface area contributed by atoms with E-state index in [1.165, 1.54) is 13.2 Å². The second kappa shape index (κ2) is 4.96. The van der Waals surface area contributed by atoms with Gasteiger partial charge in [-0.25, -0.2) is 8.42 Å². The van der Waals surface area contributed by atoms with Crippen LogP contribution in [0.5, 0.6) is 5.75 Å². The molecule has 0 spiro atoms. The van der Waals surface area contributed by atoms with Gasteiger partial charge in [0, 0.05) is 11.0 Å². The van der Waals surface area contributed by atoms with Crippen LogP contribution in [0.4, 0.5) is 0 Å². The molecule has 0 heterocycles. The van der Waals surface area contributed by atoms with Crippen LogP contribution >= 0.6 is 15.9 Å². The molecule has 0 aromatic heterocycles. The smallest absolute Gasteiger partial charge is 0.183 e. The normalized spacial score (nSPS) is 11.4. The van der Waals surface area contributed by atoms with Crippen LogP contribution < -0.4 is 10.5 Å². The summed E-state index contributed by atoms with van der Waals surface area (Å²) in [7, 11) is -1.92. The zero-order chi connectivity index (χ0) is 11.5. The van der Waals surface area contributed by atoms with Crippen LogP contribution in [0.25, 0.3) is 0 Å². The van der Waals surface area contributed by atoms with Crippen molar-refractivity contribution in [2.75, 3.05) is 19.4 Å². The minimum absolute atomic E-state index is 0.0835. The zero-order valence-electron chi connectivity index (χ0n) is 8.23. The molecule has 0 aliphatic heterocycles. The molecule has 0 bridgehead atoms. The monoisotopic (exact) mass is 293 g/mol. The van der Waals surface area contributed by atoms with Crippen molar-refractivity contribution in [1.29, 1.82) is 0 Å². The molecule has 6 heteroatoms. The largest absolute Gasteiger partial charge is 0.495 e. The molecule has 1 aromatic rings. The standard InChI is InChI=1S/C9H12BrNO3S/c1-14-8-3-2-7(10)6-9(8)15(12,13)5-4-11/h2-3,6H,4-5,11H2,1H3. The van der Waals surface area contributed by atoms with E-state index in [-0.39, 0.29) is 17.2 Å². The third-order valence-corrected chi connectivity index (χ3v) is 4.10. The Hall–Kier alpha value is -0.590. The SMILES string of the molecule is COc1ccc(Br)cc1S(=O)(=O)CCN. The molecule has 0 amide bonds. The van der Waals surface area contributed by atoms with Gasteiger partial charge in [0.15, 0.2) is 9.84 Å². The third kappa shape index (κ3) is 2.93. The lowest BCUT2D eigenvalue weighted by atomic mass is 10.3. The second-order valence-electron chi connectivity index (χ2n) is 2.90. The highest BCUT2D eigenvalue weighted by molar-refractivity contribution is 9.10. The van der Waals surface area contributed by atoms with Crippen LogP contribution in [0.15, 0.2) is 27.6 Å². The molecule has 0 saturated carbocycles. The van der Waals surface area contributed by atoms with Gasteiger partial charge in [0.05, 0.1) is 12.9 Å². The van der Waals surface area contributed by atoms with Gasteiger partial charge in [0.2, 0.25) is 0 Å². The van der Waals surface area contributed by atoms with Gasteiger partial charge in [0.25, 0.3) is 0 Å². The Bertz CT molecular complexity index is 445. The van der Waals surface area contributed by atoms with Crippen LogP contribution in [0, 0.1) is 0 Å². The highest BCUT2D eigenvalue weighted by Crippen LogP contribution is 2.27. The van der Waals surface area contributed by atoms with Crippen molar-refractivity contribution in [3.8, 4) is 5.75 Å². The van der Waals surface area contributed by atoms with Crippen molar-refractivity contribution < 1.29 is 13.2 Å². The number of rotatable bonds is 4. The number of hydrogen-bond acceptors (Lipinski definition) is 4. The van der Waals surface area contributed by atoms with Gasteiger partial charge in [-0.15, -0.1) is 0 Å². The third-order valence-electron chi connectivity index (χ3n) is 1.85. The predicted octanol–water partition coefficient (Wildman–Crippen LogP) is 1.19. The maximum absolute atomic E-state index is 11.8. The first kappa shape index (κ1) is 12.5. The van der Waals surface area contributed by atoms with Gasteiger partial charge in [-0.05, 0) is 18.2 Å². The van der Waals surface area contributed by atoms with E-state index < -0.39 is 9.84 Å². The summed E-state index contributed by atoms with van der Waals surface area (Å²) in [5.74, 6) is 0.256. The molecule has 1 rings (SSSR count).